The Kier molecular flexibility index (Phi) is 6.93. The zero-order valence-electron chi connectivity index (χ0n) is 23.2. The van der Waals surface area contributed by atoms with Crippen LogP contribution in [0.5, 0.6) is 0 Å². The van der Waals surface area contributed by atoms with Gasteiger partial charge < -0.3 is 24.4 Å². The molecule has 3 aromatic heterocycles. The van der Waals surface area contributed by atoms with E-state index in [2.05, 4.69) is 89.5 Å². The van der Waals surface area contributed by atoms with Crippen LogP contribution in [0.25, 0.3) is 33.1 Å². The summed E-state index contributed by atoms with van der Waals surface area (Å²) in [5, 5.41) is 10.8. The fraction of sp³-hybridized carbons (Fsp3) is 0.367. The number of benzene rings is 2. The highest BCUT2D eigenvalue weighted by atomic mass is 16.5. The van der Waals surface area contributed by atoms with Gasteiger partial charge >= 0.3 is 0 Å². The molecule has 0 spiro atoms. The minimum absolute atomic E-state index is 0.679. The molecule has 5 aromatic rings. The Morgan fingerprint density at radius 1 is 0.949 bits per heavy atom. The van der Waals surface area contributed by atoms with Gasteiger partial charge in [-0.15, -0.1) is 0 Å². The second-order valence-electron chi connectivity index (χ2n) is 10.6. The van der Waals surface area contributed by atoms with Gasteiger partial charge in [0.25, 0.3) is 0 Å². The van der Waals surface area contributed by atoms with Gasteiger partial charge in [-0.1, -0.05) is 18.2 Å². The predicted molar refractivity (Wildman–Crippen MR) is 158 cm³/mol. The summed E-state index contributed by atoms with van der Waals surface area (Å²) in [5.74, 6) is 1.48. The monoisotopic (exact) mass is 524 g/mol. The van der Waals surface area contributed by atoms with Gasteiger partial charge in [-0.3, -0.25) is 4.68 Å². The molecule has 0 saturated carbocycles. The third kappa shape index (κ3) is 5.32. The van der Waals surface area contributed by atoms with E-state index in [1.807, 2.05) is 17.8 Å². The molecule has 6 rings (SSSR count). The van der Waals surface area contributed by atoms with Gasteiger partial charge in [0.05, 0.1) is 30.1 Å². The lowest BCUT2D eigenvalue weighted by molar-refractivity contribution is 0.122. The lowest BCUT2D eigenvalue weighted by atomic mass is 10.1. The van der Waals surface area contributed by atoms with Gasteiger partial charge in [0.1, 0.15) is 5.82 Å². The van der Waals surface area contributed by atoms with Crippen molar-refractivity contribution in [3.63, 3.8) is 0 Å². The Balaban J connectivity index is 1.36. The Bertz CT molecular complexity index is 1610. The highest BCUT2D eigenvalue weighted by Crippen LogP contribution is 2.30. The van der Waals surface area contributed by atoms with Gasteiger partial charge in [0, 0.05) is 61.6 Å². The zero-order chi connectivity index (χ0) is 26.9. The highest BCUT2D eigenvalue weighted by molar-refractivity contribution is 5.87. The van der Waals surface area contributed by atoms with Crippen LogP contribution >= 0.6 is 0 Å². The molecule has 0 radical (unpaired) electrons. The zero-order valence-corrected chi connectivity index (χ0v) is 23.2. The number of ether oxygens (including phenoxy) is 1. The fourth-order valence-corrected chi connectivity index (χ4v) is 5.28. The maximum Gasteiger partial charge on any atom is 0.228 e. The Hall–Kier alpha value is -3.95. The lowest BCUT2D eigenvalue weighted by Gasteiger charge is -2.27. The van der Waals surface area contributed by atoms with E-state index in [9.17, 15) is 0 Å². The number of aromatic nitrogens is 5. The van der Waals surface area contributed by atoms with E-state index >= 15 is 0 Å². The number of aryl methyl sites for hydroxylation is 3. The highest BCUT2D eigenvalue weighted by Gasteiger charge is 2.18. The van der Waals surface area contributed by atoms with Gasteiger partial charge in [0.2, 0.25) is 5.95 Å². The third-order valence-corrected chi connectivity index (χ3v) is 7.41. The third-order valence-electron chi connectivity index (χ3n) is 7.41. The molecule has 9 heteroatoms. The maximum absolute atomic E-state index is 5.58. The van der Waals surface area contributed by atoms with Crippen LogP contribution in [-0.2, 0) is 25.3 Å². The van der Waals surface area contributed by atoms with Crippen molar-refractivity contribution in [1.29, 1.82) is 0 Å². The summed E-state index contributed by atoms with van der Waals surface area (Å²) in [6.45, 7) is 3.95. The molecule has 2 aromatic carbocycles. The van der Waals surface area contributed by atoms with E-state index in [-0.39, 0.29) is 0 Å². The number of fused-ring (bicyclic) bond motifs is 2. The number of nitrogens with zero attached hydrogens (tertiary/aromatic N) is 7. The predicted octanol–water partition coefficient (Wildman–Crippen LogP) is 4.60. The fourth-order valence-electron chi connectivity index (χ4n) is 5.28. The molecule has 1 aliphatic heterocycles. The standard InChI is InChI=1S/C30H36N8O/c1-35(2)12-5-6-25-24-10-8-22(18-28(24)37(4)34-25)26-20-29(33-30(32-26)38-14-16-39-17-15-38)31-23-9-7-21-11-13-36(3)27(21)19-23/h7-11,13,18-20H,5-6,12,14-17H2,1-4H3,(H,31,32,33). The Morgan fingerprint density at radius 3 is 2.62 bits per heavy atom. The molecular weight excluding hydrogens is 488 g/mol. The number of morpholine rings is 1. The van der Waals surface area contributed by atoms with E-state index < -0.39 is 0 Å². The summed E-state index contributed by atoms with van der Waals surface area (Å²) in [7, 11) is 8.30. The summed E-state index contributed by atoms with van der Waals surface area (Å²) in [6, 6.07) is 17.1. The van der Waals surface area contributed by atoms with Crippen LogP contribution in [0, 0.1) is 0 Å². The molecule has 1 N–H and O–H groups in total. The summed E-state index contributed by atoms with van der Waals surface area (Å²) >= 11 is 0. The molecule has 4 heterocycles. The molecule has 0 atom stereocenters. The van der Waals surface area contributed by atoms with Crippen molar-refractivity contribution in [1.82, 2.24) is 29.2 Å². The Morgan fingerprint density at radius 2 is 1.79 bits per heavy atom. The summed E-state index contributed by atoms with van der Waals surface area (Å²) < 4.78 is 9.70. The van der Waals surface area contributed by atoms with Crippen molar-refractivity contribution < 1.29 is 4.74 Å². The molecule has 0 aliphatic carbocycles. The van der Waals surface area contributed by atoms with Crippen LogP contribution in [0.15, 0.2) is 54.7 Å². The summed E-state index contributed by atoms with van der Waals surface area (Å²) in [5.41, 5.74) is 6.35. The van der Waals surface area contributed by atoms with Gasteiger partial charge in [-0.25, -0.2) is 4.98 Å². The maximum atomic E-state index is 5.58. The second kappa shape index (κ2) is 10.7. The normalized spacial score (nSPS) is 14.1. The number of hydrogen-bond acceptors (Lipinski definition) is 7. The molecule has 1 saturated heterocycles. The van der Waals surface area contributed by atoms with Crippen molar-refractivity contribution in [3.05, 3.63) is 60.4 Å². The molecule has 39 heavy (non-hydrogen) atoms. The molecule has 1 fully saturated rings. The quantitative estimate of drug-likeness (QED) is 0.318. The number of anilines is 3. The van der Waals surface area contributed by atoms with E-state index in [4.69, 9.17) is 19.8 Å². The number of rotatable bonds is 8. The Labute approximate surface area is 229 Å². The molecule has 0 bridgehead atoms. The van der Waals surface area contributed by atoms with Gasteiger partial charge in [0.15, 0.2) is 0 Å². The molecule has 202 valence electrons. The first-order valence-electron chi connectivity index (χ1n) is 13.6. The minimum Gasteiger partial charge on any atom is -0.378 e. The average Bonchev–Trinajstić information content (AvgIpc) is 3.47. The first kappa shape index (κ1) is 25.3. The van der Waals surface area contributed by atoms with Crippen LogP contribution in [0.2, 0.25) is 0 Å². The van der Waals surface area contributed by atoms with Gasteiger partial charge in [-0.2, -0.15) is 10.1 Å². The van der Waals surface area contributed by atoms with Crippen LogP contribution in [0.1, 0.15) is 12.1 Å². The number of nitrogens with one attached hydrogen (secondary N) is 1. The van der Waals surface area contributed by atoms with Crippen molar-refractivity contribution in [3.8, 4) is 11.3 Å². The SMILES string of the molecule is CN(C)CCCc1nn(C)c2cc(-c3cc(Nc4ccc5ccn(C)c5c4)nc(N4CCOCC4)n3)ccc12. The topological polar surface area (TPSA) is 76.3 Å². The summed E-state index contributed by atoms with van der Waals surface area (Å²) in [6.07, 6.45) is 4.12. The van der Waals surface area contributed by atoms with E-state index in [1.165, 1.54) is 16.3 Å². The summed E-state index contributed by atoms with van der Waals surface area (Å²) in [4.78, 5) is 14.4. The largest absolute Gasteiger partial charge is 0.378 e. The van der Waals surface area contributed by atoms with E-state index in [1.54, 1.807) is 0 Å². The molecular formula is C30H36N8O. The minimum atomic E-state index is 0.679. The van der Waals surface area contributed by atoms with Crippen molar-refractivity contribution in [2.75, 3.05) is 57.2 Å². The molecule has 0 unspecified atom stereocenters. The average molecular weight is 525 g/mol. The van der Waals surface area contributed by atoms with Crippen LogP contribution in [-0.4, -0.2) is 76.2 Å². The van der Waals surface area contributed by atoms with Crippen molar-refractivity contribution in [2.24, 2.45) is 14.1 Å². The molecule has 9 nitrogen and oxygen atoms in total. The molecule has 1 aliphatic rings. The van der Waals surface area contributed by atoms with Gasteiger partial charge in [-0.05, 0) is 63.1 Å². The number of hydrogen-bond donors (Lipinski definition) is 1. The van der Waals surface area contributed by atoms with Crippen LogP contribution in [0.3, 0.4) is 0 Å². The second-order valence-corrected chi connectivity index (χ2v) is 10.6. The lowest BCUT2D eigenvalue weighted by Crippen LogP contribution is -2.37. The smallest absolute Gasteiger partial charge is 0.228 e. The van der Waals surface area contributed by atoms with E-state index in [0.717, 1.165) is 66.4 Å². The van der Waals surface area contributed by atoms with Crippen LogP contribution < -0.4 is 10.2 Å². The van der Waals surface area contributed by atoms with Crippen molar-refractivity contribution in [2.45, 2.75) is 12.8 Å². The molecule has 0 amide bonds. The first-order chi connectivity index (χ1) is 18.9. The van der Waals surface area contributed by atoms with Crippen LogP contribution in [0.4, 0.5) is 17.5 Å². The van der Waals surface area contributed by atoms with Crippen molar-refractivity contribution >= 4 is 39.3 Å². The first-order valence-corrected chi connectivity index (χ1v) is 13.6. The van der Waals surface area contributed by atoms with E-state index in [0.29, 0.717) is 19.2 Å².